The smallest absolute Gasteiger partial charge is 0.857 e. The predicted molar refractivity (Wildman–Crippen MR) is 22.4 cm³/mol. The molecule has 0 aromatic rings. The van der Waals surface area contributed by atoms with Gasteiger partial charge in [0, 0.05) is 5.97 Å². The third-order valence-corrected chi connectivity index (χ3v) is 0. The topological polar surface area (TPSA) is 63.2 Å². The van der Waals surface area contributed by atoms with Crippen molar-refractivity contribution in [2.75, 3.05) is 7.11 Å². The van der Waals surface area contributed by atoms with E-state index in [0.717, 1.165) is 14.0 Å². The number of carboxylic acids is 1. The first-order valence-electron chi connectivity index (χ1n) is 1.32. The fourth-order valence-corrected chi connectivity index (χ4v) is 0. The van der Waals surface area contributed by atoms with Crippen LogP contribution < -0.4 is 39.8 Å². The Morgan fingerprint density at radius 1 is 1.38 bits per heavy atom. The van der Waals surface area contributed by atoms with Crippen LogP contribution in [0.3, 0.4) is 0 Å². The van der Waals surface area contributed by atoms with Crippen LogP contribution in [0.5, 0.6) is 0 Å². The van der Waals surface area contributed by atoms with Crippen LogP contribution in [0.15, 0.2) is 0 Å². The molecule has 0 aliphatic heterocycles. The summed E-state index contributed by atoms with van der Waals surface area (Å²) in [4.78, 5) is 8.89. The van der Waals surface area contributed by atoms with Gasteiger partial charge in [-0.2, -0.15) is 7.11 Å². The number of carbonyl (C=O) groups is 1. The molecule has 5 heteroatoms. The maximum atomic E-state index is 8.89. The van der Waals surface area contributed by atoms with Crippen LogP contribution in [0.2, 0.25) is 0 Å². The van der Waals surface area contributed by atoms with Gasteiger partial charge in [0.2, 0.25) is 0 Å². The Kier molecular flexibility index (Phi) is 66.0. The van der Waals surface area contributed by atoms with Crippen molar-refractivity contribution in [3.05, 3.63) is 0 Å². The van der Waals surface area contributed by atoms with E-state index in [1.807, 2.05) is 0 Å². The quantitative estimate of drug-likeness (QED) is 0.326. The summed E-state index contributed by atoms with van der Waals surface area (Å²) >= 11 is 0. The first kappa shape index (κ1) is 22.6. The summed E-state index contributed by atoms with van der Waals surface area (Å²) in [6.07, 6.45) is 0. The number of carbonyl (C=O) groups excluding carboxylic acids is 1. The summed E-state index contributed by atoms with van der Waals surface area (Å²) in [7, 11) is 0.750. The number of carboxylic acid groups (broad SMARTS) is 1. The largest absolute Gasteiger partial charge is 2.00 e. The molecule has 0 N–H and O–H groups in total. The van der Waals surface area contributed by atoms with Crippen LogP contribution in [0, 0.1) is 0 Å². The van der Waals surface area contributed by atoms with E-state index in [4.69, 9.17) is 15.0 Å². The molecular formula is C3H6CaNaO3+. The number of aliphatic carboxylic acids is 1. The van der Waals surface area contributed by atoms with Gasteiger partial charge in [-0.05, 0) is 6.92 Å². The van der Waals surface area contributed by atoms with Crippen LogP contribution in [-0.2, 0) is 4.79 Å². The molecule has 0 aromatic carbocycles. The molecule has 38 valence electrons. The molecule has 0 aliphatic rings. The molecule has 0 unspecified atom stereocenters. The van der Waals surface area contributed by atoms with Gasteiger partial charge < -0.3 is 15.0 Å². The molecule has 8 heavy (non-hydrogen) atoms. The Bertz CT molecular complexity index is 37.5. The fourth-order valence-electron chi connectivity index (χ4n) is 0. The summed E-state index contributed by atoms with van der Waals surface area (Å²) < 4.78 is 0. The van der Waals surface area contributed by atoms with Crippen LogP contribution in [0.4, 0.5) is 0 Å². The van der Waals surface area contributed by atoms with Crippen molar-refractivity contribution >= 4 is 43.7 Å². The average Bonchev–Trinajstić information content (AvgIpc) is 1.41. The number of rotatable bonds is 0. The molecule has 0 radical (unpaired) electrons. The maximum absolute atomic E-state index is 8.89. The van der Waals surface area contributed by atoms with Gasteiger partial charge in [-0.15, -0.1) is 0 Å². The Balaban J connectivity index is -0.0000000183. The summed E-state index contributed by atoms with van der Waals surface area (Å²) in [5.74, 6) is -1.08. The minimum Gasteiger partial charge on any atom is -0.857 e. The van der Waals surface area contributed by atoms with E-state index in [9.17, 15) is 0 Å². The van der Waals surface area contributed by atoms with Gasteiger partial charge in [-0.25, -0.2) is 0 Å². The Labute approximate surface area is 101 Å². The summed E-state index contributed by atoms with van der Waals surface area (Å²) in [5, 5.41) is 17.1. The van der Waals surface area contributed by atoms with E-state index in [1.165, 1.54) is 0 Å². The van der Waals surface area contributed by atoms with E-state index in [2.05, 4.69) is 0 Å². The summed E-state index contributed by atoms with van der Waals surface area (Å²) in [5.41, 5.74) is 0. The molecule has 0 aromatic heterocycles. The molecule has 0 spiro atoms. The zero-order valence-electron chi connectivity index (χ0n) is 5.43. The Morgan fingerprint density at radius 3 is 1.38 bits per heavy atom. The van der Waals surface area contributed by atoms with E-state index in [0.29, 0.717) is 0 Å². The van der Waals surface area contributed by atoms with Crippen LogP contribution >= 0.6 is 0 Å². The monoisotopic (exact) mass is 153 g/mol. The zero-order chi connectivity index (χ0) is 5.58. The van der Waals surface area contributed by atoms with Crippen molar-refractivity contribution in [2.45, 2.75) is 6.92 Å². The standard InChI is InChI=1S/C2H4O2.CH3O.Ca.Na/c1-2(3)4;1-2;;/h1H3,(H,3,4);1H3;;/q;-1;+2;+1/p-1. The van der Waals surface area contributed by atoms with Gasteiger partial charge in [-0.1, -0.05) is 0 Å². The molecule has 3 nitrogen and oxygen atoms in total. The molecule has 0 heterocycles. The van der Waals surface area contributed by atoms with Crippen molar-refractivity contribution in [1.29, 1.82) is 0 Å². The average molecular weight is 153 g/mol. The molecule has 0 amide bonds. The number of hydrogen-bond acceptors (Lipinski definition) is 3. The van der Waals surface area contributed by atoms with Gasteiger partial charge in [0.15, 0.2) is 0 Å². The molecule has 0 atom stereocenters. The normalized spacial score (nSPS) is 3.88. The molecule has 0 rings (SSSR count). The second kappa shape index (κ2) is 23.4. The first-order chi connectivity index (χ1) is 2.73. The van der Waals surface area contributed by atoms with Crippen LogP contribution in [0.1, 0.15) is 6.92 Å². The van der Waals surface area contributed by atoms with Gasteiger partial charge >= 0.3 is 67.3 Å². The van der Waals surface area contributed by atoms with Crippen LogP contribution in [0.25, 0.3) is 0 Å². The predicted octanol–water partition coefficient (Wildman–Crippen LogP) is -5.64. The minimum atomic E-state index is -1.08. The van der Waals surface area contributed by atoms with E-state index < -0.39 is 5.97 Å². The SMILES string of the molecule is CC(=O)[O-].C[O-].[Ca+2].[Na+]. The molecule has 0 saturated heterocycles. The minimum absolute atomic E-state index is 0. The molecular weight excluding hydrogens is 147 g/mol. The van der Waals surface area contributed by atoms with E-state index >= 15 is 0 Å². The second-order valence-electron chi connectivity index (χ2n) is 0.492. The van der Waals surface area contributed by atoms with Crippen molar-refractivity contribution in [1.82, 2.24) is 0 Å². The summed E-state index contributed by atoms with van der Waals surface area (Å²) in [6, 6.07) is 0. The second-order valence-corrected chi connectivity index (χ2v) is 0.492. The molecule has 0 saturated carbocycles. The van der Waals surface area contributed by atoms with Crippen molar-refractivity contribution < 1.29 is 44.6 Å². The van der Waals surface area contributed by atoms with Crippen molar-refractivity contribution in [3.8, 4) is 0 Å². The zero-order valence-corrected chi connectivity index (χ0v) is 9.64. The number of hydrogen-bond donors (Lipinski definition) is 0. The van der Waals surface area contributed by atoms with Gasteiger partial charge in [0.05, 0.1) is 0 Å². The molecule has 0 aliphatic carbocycles. The molecule has 0 fully saturated rings. The maximum Gasteiger partial charge on any atom is 2.00 e. The third-order valence-electron chi connectivity index (χ3n) is 0. The Hall–Kier alpha value is 1.69. The molecule has 0 bridgehead atoms. The van der Waals surface area contributed by atoms with Crippen molar-refractivity contribution in [3.63, 3.8) is 0 Å². The van der Waals surface area contributed by atoms with Gasteiger partial charge in [0.25, 0.3) is 0 Å². The van der Waals surface area contributed by atoms with Gasteiger partial charge in [0.1, 0.15) is 0 Å². The van der Waals surface area contributed by atoms with Crippen LogP contribution in [-0.4, -0.2) is 50.8 Å². The Morgan fingerprint density at radius 2 is 1.38 bits per heavy atom. The fraction of sp³-hybridized carbons (Fsp3) is 0.667. The summed E-state index contributed by atoms with van der Waals surface area (Å²) in [6.45, 7) is 0.972. The first-order valence-corrected chi connectivity index (χ1v) is 1.32. The van der Waals surface area contributed by atoms with E-state index in [1.54, 1.807) is 0 Å². The van der Waals surface area contributed by atoms with E-state index in [-0.39, 0.29) is 67.3 Å². The third kappa shape index (κ3) is 121. The van der Waals surface area contributed by atoms with Gasteiger partial charge in [-0.3, -0.25) is 0 Å². The van der Waals surface area contributed by atoms with Crippen molar-refractivity contribution in [2.24, 2.45) is 0 Å².